The summed E-state index contributed by atoms with van der Waals surface area (Å²) in [6, 6.07) is 12.1. The van der Waals surface area contributed by atoms with E-state index in [2.05, 4.69) is 62.8 Å². The molecule has 0 bridgehead atoms. The lowest BCUT2D eigenvalue weighted by Crippen LogP contribution is -2.39. The van der Waals surface area contributed by atoms with Crippen molar-refractivity contribution in [2.24, 2.45) is 4.99 Å². The molecule has 2 heterocycles. The van der Waals surface area contributed by atoms with Crippen molar-refractivity contribution in [2.75, 3.05) is 0 Å². The molecule has 1 N–H and O–H groups in total. The van der Waals surface area contributed by atoms with E-state index in [-0.39, 0.29) is 18.0 Å². The molecule has 2 aromatic carbocycles. The van der Waals surface area contributed by atoms with Crippen LogP contribution in [0.1, 0.15) is 79.6 Å². The van der Waals surface area contributed by atoms with Gasteiger partial charge in [-0.1, -0.05) is 62.6 Å². The number of carbonyl (C=O) groups is 1. The highest BCUT2D eigenvalue weighted by Gasteiger charge is 2.37. The standard InChI is InChI=1S/C25H26BrN3OS/c1-2-19-21(24-27-20(14-31-24)16-9-4-3-5-10-16)23(29-25(30)28-19)18-13-12-15-8-6-7-11-17(15)22(18)26/h6-8,11-14,16,21,23H,2-5,9-10H2,1H3,(H,29,30). The Balaban J connectivity index is 1.58. The number of nitrogens with zero attached hydrogens (tertiary/aromatic N) is 2. The van der Waals surface area contributed by atoms with Gasteiger partial charge in [-0.3, -0.25) is 0 Å². The number of aromatic nitrogens is 1. The Morgan fingerprint density at radius 3 is 2.74 bits per heavy atom. The molecule has 2 unspecified atom stereocenters. The summed E-state index contributed by atoms with van der Waals surface area (Å²) in [6.45, 7) is 2.08. The maximum absolute atomic E-state index is 12.5. The fourth-order valence-corrected chi connectivity index (χ4v) is 6.81. The molecule has 2 aliphatic rings. The van der Waals surface area contributed by atoms with Gasteiger partial charge in [-0.15, -0.1) is 11.3 Å². The molecular weight excluding hydrogens is 470 g/mol. The summed E-state index contributed by atoms with van der Waals surface area (Å²) in [6.07, 6.45) is 7.14. The van der Waals surface area contributed by atoms with Crippen LogP contribution in [0.2, 0.25) is 0 Å². The zero-order valence-corrected chi connectivity index (χ0v) is 20.0. The van der Waals surface area contributed by atoms with Crippen LogP contribution in [0.3, 0.4) is 0 Å². The summed E-state index contributed by atoms with van der Waals surface area (Å²) in [7, 11) is 0. The minimum Gasteiger partial charge on any atom is -0.328 e. The second kappa shape index (κ2) is 8.83. The Labute approximate surface area is 195 Å². The largest absolute Gasteiger partial charge is 0.341 e. The fourth-order valence-electron chi connectivity index (χ4n) is 5.00. The van der Waals surface area contributed by atoms with Crippen LogP contribution < -0.4 is 5.32 Å². The van der Waals surface area contributed by atoms with Gasteiger partial charge in [0.25, 0.3) is 0 Å². The molecule has 160 valence electrons. The Bertz CT molecular complexity index is 1150. The molecule has 3 aromatic rings. The Morgan fingerprint density at radius 2 is 1.94 bits per heavy atom. The summed E-state index contributed by atoms with van der Waals surface area (Å²) < 4.78 is 1.03. The van der Waals surface area contributed by atoms with Gasteiger partial charge < -0.3 is 5.32 Å². The van der Waals surface area contributed by atoms with Gasteiger partial charge in [0.15, 0.2) is 0 Å². The molecule has 0 saturated heterocycles. The van der Waals surface area contributed by atoms with Gasteiger partial charge in [-0.05, 0) is 51.5 Å². The first-order valence-corrected chi connectivity index (χ1v) is 12.8. The van der Waals surface area contributed by atoms with Crippen molar-refractivity contribution >= 4 is 49.8 Å². The second-order valence-electron chi connectivity index (χ2n) is 8.50. The van der Waals surface area contributed by atoms with Crippen LogP contribution in [-0.4, -0.2) is 16.7 Å². The summed E-state index contributed by atoms with van der Waals surface area (Å²) in [5.74, 6) is 0.535. The van der Waals surface area contributed by atoms with Crippen molar-refractivity contribution in [3.8, 4) is 0 Å². The number of nitrogens with one attached hydrogen (secondary N) is 1. The number of thiazole rings is 1. The van der Waals surface area contributed by atoms with E-state index < -0.39 is 0 Å². The molecule has 31 heavy (non-hydrogen) atoms. The number of hydrogen-bond acceptors (Lipinski definition) is 3. The average Bonchev–Trinajstić information content (AvgIpc) is 3.29. The normalized spacial score (nSPS) is 22.4. The van der Waals surface area contributed by atoms with E-state index in [0.717, 1.165) is 32.6 Å². The highest BCUT2D eigenvalue weighted by molar-refractivity contribution is 9.10. The Hall–Kier alpha value is -2.05. The summed E-state index contributed by atoms with van der Waals surface area (Å²) in [4.78, 5) is 22.0. The van der Waals surface area contributed by atoms with E-state index in [1.54, 1.807) is 11.3 Å². The first kappa shape index (κ1) is 20.8. The lowest BCUT2D eigenvalue weighted by Gasteiger charge is -2.32. The van der Waals surface area contributed by atoms with Gasteiger partial charge in [0.1, 0.15) is 5.01 Å². The number of fused-ring (bicyclic) bond motifs is 1. The van der Waals surface area contributed by atoms with Crippen molar-refractivity contribution < 1.29 is 4.79 Å². The number of amides is 2. The van der Waals surface area contributed by atoms with Gasteiger partial charge in [-0.25, -0.2) is 14.8 Å². The zero-order valence-electron chi connectivity index (χ0n) is 17.6. The minimum absolute atomic E-state index is 0.0393. The van der Waals surface area contributed by atoms with Gasteiger partial charge in [-0.2, -0.15) is 0 Å². The lowest BCUT2D eigenvalue weighted by molar-refractivity contribution is 0.242. The maximum Gasteiger partial charge on any atom is 0.341 e. The van der Waals surface area contributed by atoms with Crippen molar-refractivity contribution in [3.63, 3.8) is 0 Å². The molecule has 1 aliphatic heterocycles. The minimum atomic E-state index is -0.262. The van der Waals surface area contributed by atoms with E-state index in [9.17, 15) is 4.79 Å². The summed E-state index contributed by atoms with van der Waals surface area (Å²) in [5, 5.41) is 8.77. The van der Waals surface area contributed by atoms with Crippen molar-refractivity contribution in [1.29, 1.82) is 0 Å². The molecule has 2 amide bonds. The summed E-state index contributed by atoms with van der Waals surface area (Å²) in [5.41, 5.74) is 3.22. The van der Waals surface area contributed by atoms with Crippen LogP contribution in [0.4, 0.5) is 4.79 Å². The van der Waals surface area contributed by atoms with E-state index in [1.807, 2.05) is 12.1 Å². The highest BCUT2D eigenvalue weighted by atomic mass is 79.9. The quantitative estimate of drug-likeness (QED) is 0.407. The Kier molecular flexibility index (Phi) is 5.93. The lowest BCUT2D eigenvalue weighted by atomic mass is 9.85. The van der Waals surface area contributed by atoms with E-state index in [1.165, 1.54) is 43.2 Å². The van der Waals surface area contributed by atoms with Crippen LogP contribution in [0.15, 0.2) is 51.2 Å². The average molecular weight is 496 g/mol. The molecule has 5 rings (SSSR count). The third-order valence-electron chi connectivity index (χ3n) is 6.64. The Morgan fingerprint density at radius 1 is 1.13 bits per heavy atom. The zero-order chi connectivity index (χ0) is 21.4. The molecule has 0 radical (unpaired) electrons. The monoisotopic (exact) mass is 495 g/mol. The van der Waals surface area contributed by atoms with Gasteiger partial charge in [0.2, 0.25) is 0 Å². The fraction of sp³-hybridized carbons (Fsp3) is 0.400. The van der Waals surface area contributed by atoms with Gasteiger partial charge >= 0.3 is 6.03 Å². The third-order valence-corrected chi connectivity index (χ3v) is 8.47. The van der Waals surface area contributed by atoms with Crippen LogP contribution in [-0.2, 0) is 0 Å². The summed E-state index contributed by atoms with van der Waals surface area (Å²) >= 11 is 5.56. The van der Waals surface area contributed by atoms with Gasteiger partial charge in [0.05, 0.1) is 17.7 Å². The predicted molar refractivity (Wildman–Crippen MR) is 131 cm³/mol. The molecule has 1 fully saturated rings. The molecule has 1 saturated carbocycles. The highest BCUT2D eigenvalue weighted by Crippen LogP contribution is 2.43. The molecule has 0 spiro atoms. The molecule has 1 aromatic heterocycles. The number of hydrogen-bond donors (Lipinski definition) is 1. The molecule has 6 heteroatoms. The van der Waals surface area contributed by atoms with Gasteiger partial charge in [0, 0.05) is 21.5 Å². The molecular formula is C25H26BrN3OS. The number of urea groups is 1. The number of rotatable bonds is 4. The van der Waals surface area contributed by atoms with Crippen molar-refractivity contribution in [3.05, 3.63) is 62.5 Å². The smallest absolute Gasteiger partial charge is 0.328 e. The SMILES string of the molecule is CCC1=NC(=O)NC(c2ccc3ccccc3c2Br)C1c1nc(C2CCCCC2)cs1. The van der Waals surface area contributed by atoms with Crippen LogP contribution in [0, 0.1) is 0 Å². The third kappa shape index (κ3) is 3.96. The molecule has 1 aliphatic carbocycles. The maximum atomic E-state index is 12.5. The number of halogens is 1. The molecule has 2 atom stereocenters. The van der Waals surface area contributed by atoms with E-state index in [0.29, 0.717) is 5.92 Å². The van der Waals surface area contributed by atoms with E-state index in [4.69, 9.17) is 4.98 Å². The van der Waals surface area contributed by atoms with E-state index >= 15 is 0 Å². The predicted octanol–water partition coefficient (Wildman–Crippen LogP) is 7.51. The second-order valence-corrected chi connectivity index (χ2v) is 10.2. The van der Waals surface area contributed by atoms with Crippen LogP contribution in [0.25, 0.3) is 10.8 Å². The first-order valence-electron chi connectivity index (χ1n) is 11.2. The number of benzene rings is 2. The molecule has 4 nitrogen and oxygen atoms in total. The number of aliphatic imine (C=N–C) groups is 1. The topological polar surface area (TPSA) is 54.4 Å². The van der Waals surface area contributed by atoms with Crippen molar-refractivity contribution in [1.82, 2.24) is 10.3 Å². The first-order chi connectivity index (χ1) is 15.2. The van der Waals surface area contributed by atoms with Crippen LogP contribution >= 0.6 is 27.3 Å². The van der Waals surface area contributed by atoms with Crippen molar-refractivity contribution in [2.45, 2.75) is 63.3 Å². The van der Waals surface area contributed by atoms with Crippen LogP contribution in [0.5, 0.6) is 0 Å². The number of carbonyl (C=O) groups excluding carboxylic acids is 1.